The molecular formula is C16H25NO2. The molecule has 1 unspecified atom stereocenters. The lowest BCUT2D eigenvalue weighted by Gasteiger charge is -2.19. The molecule has 106 valence electrons. The first kappa shape index (κ1) is 14.2. The maximum Gasteiger partial charge on any atom is 0.161 e. The highest BCUT2D eigenvalue weighted by Crippen LogP contribution is 2.30. The molecule has 1 heterocycles. The van der Waals surface area contributed by atoms with Gasteiger partial charge in [-0.05, 0) is 31.0 Å². The van der Waals surface area contributed by atoms with Crippen molar-refractivity contribution in [3.8, 4) is 11.5 Å². The molecule has 0 fully saturated rings. The Kier molecular flexibility index (Phi) is 5.52. The van der Waals surface area contributed by atoms with Crippen molar-refractivity contribution in [2.45, 2.75) is 52.1 Å². The molecule has 1 aromatic carbocycles. The van der Waals surface area contributed by atoms with Crippen LogP contribution >= 0.6 is 0 Å². The minimum atomic E-state index is 0.569. The summed E-state index contributed by atoms with van der Waals surface area (Å²) >= 11 is 0. The van der Waals surface area contributed by atoms with Gasteiger partial charge in [0.15, 0.2) is 11.5 Å². The second-order valence-corrected chi connectivity index (χ2v) is 5.26. The van der Waals surface area contributed by atoms with Crippen molar-refractivity contribution in [2.24, 2.45) is 0 Å². The lowest BCUT2D eigenvalue weighted by atomic mass is 10.1. The van der Waals surface area contributed by atoms with Crippen LogP contribution < -0.4 is 14.8 Å². The molecule has 3 heteroatoms. The average molecular weight is 263 g/mol. The second-order valence-electron chi connectivity index (χ2n) is 5.26. The predicted octanol–water partition coefficient (Wildman–Crippen LogP) is 3.52. The summed E-state index contributed by atoms with van der Waals surface area (Å²) in [6, 6.07) is 6.77. The topological polar surface area (TPSA) is 30.5 Å². The first-order chi connectivity index (χ1) is 9.29. The Morgan fingerprint density at radius 3 is 2.74 bits per heavy atom. The van der Waals surface area contributed by atoms with Crippen LogP contribution in [0, 0.1) is 0 Å². The van der Waals surface area contributed by atoms with E-state index in [2.05, 4.69) is 31.3 Å². The SMILES string of the molecule is CCCCCC(C)NCc1ccc2c(c1)OCCO2. The first-order valence-corrected chi connectivity index (χ1v) is 7.41. The molecule has 0 spiro atoms. The zero-order valence-electron chi connectivity index (χ0n) is 12.1. The smallest absolute Gasteiger partial charge is 0.161 e. The van der Waals surface area contributed by atoms with Crippen molar-refractivity contribution in [1.82, 2.24) is 5.32 Å². The molecular weight excluding hydrogens is 238 g/mol. The van der Waals surface area contributed by atoms with Crippen LogP contribution in [-0.4, -0.2) is 19.3 Å². The Balaban J connectivity index is 1.79. The number of fused-ring (bicyclic) bond motifs is 1. The summed E-state index contributed by atoms with van der Waals surface area (Å²) in [4.78, 5) is 0. The number of rotatable bonds is 7. The Hall–Kier alpha value is -1.22. The molecule has 3 nitrogen and oxygen atoms in total. The van der Waals surface area contributed by atoms with Gasteiger partial charge in [-0.15, -0.1) is 0 Å². The average Bonchev–Trinajstić information content (AvgIpc) is 2.45. The fraction of sp³-hybridized carbons (Fsp3) is 0.625. The largest absolute Gasteiger partial charge is 0.486 e. The van der Waals surface area contributed by atoms with Gasteiger partial charge in [-0.25, -0.2) is 0 Å². The maximum absolute atomic E-state index is 5.60. The summed E-state index contributed by atoms with van der Waals surface area (Å²) in [5.41, 5.74) is 1.26. The van der Waals surface area contributed by atoms with Crippen LogP contribution in [0.2, 0.25) is 0 Å². The van der Waals surface area contributed by atoms with Gasteiger partial charge < -0.3 is 14.8 Å². The number of hydrogen-bond acceptors (Lipinski definition) is 3. The lowest BCUT2D eigenvalue weighted by Crippen LogP contribution is -2.25. The van der Waals surface area contributed by atoms with E-state index in [1.807, 2.05) is 6.07 Å². The van der Waals surface area contributed by atoms with Crippen molar-refractivity contribution < 1.29 is 9.47 Å². The van der Waals surface area contributed by atoms with E-state index in [1.165, 1.54) is 31.2 Å². The molecule has 0 saturated heterocycles. The van der Waals surface area contributed by atoms with Crippen LogP contribution in [-0.2, 0) is 6.54 Å². The van der Waals surface area contributed by atoms with Gasteiger partial charge in [0.2, 0.25) is 0 Å². The summed E-state index contributed by atoms with van der Waals surface area (Å²) in [5.74, 6) is 1.75. The number of benzene rings is 1. The normalized spacial score (nSPS) is 15.3. The van der Waals surface area contributed by atoms with Gasteiger partial charge in [0.1, 0.15) is 13.2 Å². The Morgan fingerprint density at radius 1 is 1.16 bits per heavy atom. The van der Waals surface area contributed by atoms with Crippen molar-refractivity contribution in [2.75, 3.05) is 13.2 Å². The van der Waals surface area contributed by atoms with Gasteiger partial charge in [-0.2, -0.15) is 0 Å². The highest BCUT2D eigenvalue weighted by molar-refractivity contribution is 5.43. The van der Waals surface area contributed by atoms with E-state index in [0.29, 0.717) is 19.3 Å². The van der Waals surface area contributed by atoms with Crippen LogP contribution in [0.5, 0.6) is 11.5 Å². The van der Waals surface area contributed by atoms with Crippen molar-refractivity contribution >= 4 is 0 Å². The van der Waals surface area contributed by atoms with E-state index < -0.39 is 0 Å². The zero-order chi connectivity index (χ0) is 13.5. The molecule has 0 aromatic heterocycles. The van der Waals surface area contributed by atoms with Gasteiger partial charge in [0.05, 0.1) is 0 Å². The Labute approximate surface area is 116 Å². The zero-order valence-corrected chi connectivity index (χ0v) is 12.1. The van der Waals surface area contributed by atoms with Crippen molar-refractivity contribution in [3.63, 3.8) is 0 Å². The number of unbranched alkanes of at least 4 members (excludes halogenated alkanes) is 2. The van der Waals surface area contributed by atoms with Gasteiger partial charge in [-0.1, -0.05) is 32.3 Å². The molecule has 19 heavy (non-hydrogen) atoms. The van der Waals surface area contributed by atoms with Gasteiger partial charge in [0, 0.05) is 12.6 Å². The molecule has 0 saturated carbocycles. The first-order valence-electron chi connectivity index (χ1n) is 7.41. The highest BCUT2D eigenvalue weighted by Gasteiger charge is 2.11. The molecule has 2 rings (SSSR count). The summed E-state index contributed by atoms with van der Waals surface area (Å²) in [7, 11) is 0. The Bertz CT molecular complexity index is 392. The third kappa shape index (κ3) is 4.43. The minimum Gasteiger partial charge on any atom is -0.486 e. The van der Waals surface area contributed by atoms with Gasteiger partial charge >= 0.3 is 0 Å². The Morgan fingerprint density at radius 2 is 1.95 bits per heavy atom. The van der Waals surface area contributed by atoms with Crippen molar-refractivity contribution in [1.29, 1.82) is 0 Å². The monoisotopic (exact) mass is 263 g/mol. The van der Waals surface area contributed by atoms with Crippen LogP contribution in [0.3, 0.4) is 0 Å². The molecule has 0 bridgehead atoms. The predicted molar refractivity (Wildman–Crippen MR) is 77.9 cm³/mol. The van der Waals surface area contributed by atoms with Crippen LogP contribution in [0.4, 0.5) is 0 Å². The summed E-state index contributed by atoms with van der Waals surface area (Å²) < 4.78 is 11.1. The lowest BCUT2D eigenvalue weighted by molar-refractivity contribution is 0.171. The number of hydrogen-bond donors (Lipinski definition) is 1. The highest BCUT2D eigenvalue weighted by atomic mass is 16.6. The molecule has 1 aromatic rings. The van der Waals surface area contributed by atoms with E-state index in [1.54, 1.807) is 0 Å². The molecule has 1 aliphatic rings. The van der Waals surface area contributed by atoms with Crippen LogP contribution in [0.1, 0.15) is 45.1 Å². The van der Waals surface area contributed by atoms with E-state index in [0.717, 1.165) is 18.0 Å². The van der Waals surface area contributed by atoms with E-state index in [-0.39, 0.29) is 0 Å². The third-order valence-corrected chi connectivity index (χ3v) is 3.50. The van der Waals surface area contributed by atoms with Crippen LogP contribution in [0.25, 0.3) is 0 Å². The minimum absolute atomic E-state index is 0.569. The third-order valence-electron chi connectivity index (χ3n) is 3.50. The van der Waals surface area contributed by atoms with E-state index >= 15 is 0 Å². The quantitative estimate of drug-likeness (QED) is 0.764. The van der Waals surface area contributed by atoms with Crippen molar-refractivity contribution in [3.05, 3.63) is 23.8 Å². The van der Waals surface area contributed by atoms with E-state index in [9.17, 15) is 0 Å². The summed E-state index contributed by atoms with van der Waals surface area (Å²) in [6.45, 7) is 6.70. The number of nitrogens with one attached hydrogen (secondary N) is 1. The maximum atomic E-state index is 5.60. The van der Waals surface area contributed by atoms with Gasteiger partial charge in [-0.3, -0.25) is 0 Å². The molecule has 0 amide bonds. The fourth-order valence-corrected chi connectivity index (χ4v) is 2.29. The molecule has 1 N–H and O–H groups in total. The summed E-state index contributed by atoms with van der Waals surface area (Å²) in [6.07, 6.45) is 5.18. The van der Waals surface area contributed by atoms with E-state index in [4.69, 9.17) is 9.47 Å². The molecule has 0 aliphatic carbocycles. The fourth-order valence-electron chi connectivity index (χ4n) is 2.29. The molecule has 1 aliphatic heterocycles. The second kappa shape index (κ2) is 7.39. The molecule has 0 radical (unpaired) electrons. The number of ether oxygens (including phenoxy) is 2. The standard InChI is InChI=1S/C16H25NO2/c1-3-4-5-6-13(2)17-12-14-7-8-15-16(11-14)19-10-9-18-15/h7-8,11,13,17H,3-6,9-10,12H2,1-2H3. The van der Waals surface area contributed by atoms with Crippen LogP contribution in [0.15, 0.2) is 18.2 Å². The van der Waals surface area contributed by atoms with Gasteiger partial charge in [0.25, 0.3) is 0 Å². The summed E-state index contributed by atoms with van der Waals surface area (Å²) in [5, 5.41) is 3.57. The molecule has 1 atom stereocenters.